The van der Waals surface area contributed by atoms with Crippen LogP contribution in [0.3, 0.4) is 0 Å². The predicted octanol–water partition coefficient (Wildman–Crippen LogP) is 3.08. The molecule has 0 unspecified atom stereocenters. The summed E-state index contributed by atoms with van der Waals surface area (Å²) in [5, 5.41) is 0. The number of nitrogens with zero attached hydrogens (tertiary/aromatic N) is 2. The van der Waals surface area contributed by atoms with E-state index in [0.29, 0.717) is 17.7 Å². The van der Waals surface area contributed by atoms with Crippen molar-refractivity contribution >= 4 is 10.0 Å². The fraction of sp³-hybridized carbons (Fsp3) is 0.312. The van der Waals surface area contributed by atoms with E-state index < -0.39 is 32.5 Å². The maximum Gasteiger partial charge on any atom is 0.419 e. The number of hydrogen-bond acceptors (Lipinski definition) is 4. The van der Waals surface area contributed by atoms with Crippen molar-refractivity contribution in [3.8, 4) is 0 Å². The third-order valence-corrected chi connectivity index (χ3v) is 5.35. The van der Waals surface area contributed by atoms with Crippen LogP contribution in [0.15, 0.2) is 47.6 Å². The second-order valence-electron chi connectivity index (χ2n) is 5.33. The molecule has 26 heavy (non-hydrogen) atoms. The Labute approximate surface area is 148 Å². The van der Waals surface area contributed by atoms with Gasteiger partial charge in [-0.3, -0.25) is 4.98 Å². The fourth-order valence-electron chi connectivity index (χ4n) is 2.20. The summed E-state index contributed by atoms with van der Waals surface area (Å²) in [4.78, 5) is 3.23. The van der Waals surface area contributed by atoms with E-state index >= 15 is 0 Å². The number of ether oxygens (including phenoxy) is 1. The normalized spacial score (nSPS) is 12.5. The molecular weight excluding hydrogens is 376 g/mol. The summed E-state index contributed by atoms with van der Waals surface area (Å²) in [6.07, 6.45) is -2.05. The number of methoxy groups -OCH3 is 1. The van der Waals surface area contributed by atoms with Crippen molar-refractivity contribution in [1.82, 2.24) is 9.29 Å². The molecular formula is C16H16F4N2O3S. The van der Waals surface area contributed by atoms with E-state index in [4.69, 9.17) is 4.74 Å². The van der Waals surface area contributed by atoms with E-state index in [1.54, 1.807) is 12.1 Å². The van der Waals surface area contributed by atoms with Gasteiger partial charge in [0.2, 0.25) is 10.0 Å². The molecule has 0 saturated heterocycles. The van der Waals surface area contributed by atoms with E-state index in [9.17, 15) is 26.0 Å². The van der Waals surface area contributed by atoms with Gasteiger partial charge in [-0.15, -0.1) is 0 Å². The van der Waals surface area contributed by atoms with Crippen LogP contribution in [0.2, 0.25) is 0 Å². The number of pyridine rings is 1. The van der Waals surface area contributed by atoms with Gasteiger partial charge in [0.25, 0.3) is 0 Å². The molecule has 142 valence electrons. The minimum Gasteiger partial charge on any atom is -0.383 e. The molecule has 0 aliphatic heterocycles. The standard InChI is InChI=1S/C16H16F4N2O3S/c1-25-8-7-22(11-12-3-2-6-21-10-12)26(23,24)13-4-5-15(17)14(9-13)16(18,19)20/h2-6,9-10H,7-8,11H2,1H3. The van der Waals surface area contributed by atoms with Gasteiger partial charge < -0.3 is 4.74 Å². The van der Waals surface area contributed by atoms with Gasteiger partial charge in [-0.1, -0.05) is 6.07 Å². The van der Waals surface area contributed by atoms with Crippen LogP contribution < -0.4 is 0 Å². The Morgan fingerprint density at radius 3 is 2.54 bits per heavy atom. The van der Waals surface area contributed by atoms with Crippen LogP contribution in [0.1, 0.15) is 11.1 Å². The fourth-order valence-corrected chi connectivity index (χ4v) is 3.64. The third kappa shape index (κ3) is 4.77. The largest absolute Gasteiger partial charge is 0.419 e. The lowest BCUT2D eigenvalue weighted by Crippen LogP contribution is -2.33. The SMILES string of the molecule is COCCN(Cc1cccnc1)S(=O)(=O)c1ccc(F)c(C(F)(F)F)c1. The first-order chi connectivity index (χ1) is 12.2. The molecule has 0 bridgehead atoms. The first-order valence-corrected chi connectivity index (χ1v) is 8.85. The van der Waals surface area contributed by atoms with Gasteiger partial charge in [-0.2, -0.15) is 17.5 Å². The Hall–Kier alpha value is -2.04. The molecule has 2 aromatic rings. The molecule has 1 aromatic carbocycles. The Kier molecular flexibility index (Phi) is 6.32. The van der Waals surface area contributed by atoms with Crippen LogP contribution in [0, 0.1) is 5.82 Å². The summed E-state index contributed by atoms with van der Waals surface area (Å²) >= 11 is 0. The summed E-state index contributed by atoms with van der Waals surface area (Å²) in [5.41, 5.74) is -1.09. The number of aromatic nitrogens is 1. The van der Waals surface area contributed by atoms with Crippen molar-refractivity contribution in [1.29, 1.82) is 0 Å². The number of benzene rings is 1. The zero-order valence-corrected chi connectivity index (χ0v) is 14.5. The Morgan fingerprint density at radius 1 is 1.23 bits per heavy atom. The minimum absolute atomic E-state index is 0.0345. The highest BCUT2D eigenvalue weighted by Gasteiger charge is 2.36. The molecule has 2 rings (SSSR count). The molecule has 1 aromatic heterocycles. The average Bonchev–Trinajstić information content (AvgIpc) is 2.58. The van der Waals surface area contributed by atoms with Crippen molar-refractivity contribution in [2.45, 2.75) is 17.6 Å². The van der Waals surface area contributed by atoms with Gasteiger partial charge >= 0.3 is 6.18 Å². The van der Waals surface area contributed by atoms with E-state index in [1.807, 2.05) is 0 Å². The lowest BCUT2D eigenvalue weighted by atomic mass is 10.2. The van der Waals surface area contributed by atoms with Crippen molar-refractivity contribution in [2.24, 2.45) is 0 Å². The molecule has 0 aliphatic carbocycles. The second-order valence-corrected chi connectivity index (χ2v) is 7.27. The monoisotopic (exact) mass is 392 g/mol. The summed E-state index contributed by atoms with van der Waals surface area (Å²) in [6, 6.07) is 4.84. The van der Waals surface area contributed by atoms with Crippen molar-refractivity contribution in [3.63, 3.8) is 0 Å². The minimum atomic E-state index is -5.00. The van der Waals surface area contributed by atoms with Crippen LogP contribution in [0.25, 0.3) is 0 Å². The summed E-state index contributed by atoms with van der Waals surface area (Å²) < 4.78 is 83.5. The molecule has 1 heterocycles. The summed E-state index contributed by atoms with van der Waals surface area (Å²) in [5.74, 6) is -1.54. The zero-order chi connectivity index (χ0) is 19.4. The Morgan fingerprint density at radius 2 is 1.96 bits per heavy atom. The molecule has 0 radical (unpaired) electrons. The molecule has 0 atom stereocenters. The highest BCUT2D eigenvalue weighted by molar-refractivity contribution is 7.89. The Bertz CT molecular complexity index is 842. The molecule has 0 aliphatic rings. The highest BCUT2D eigenvalue weighted by atomic mass is 32.2. The number of hydrogen-bond donors (Lipinski definition) is 0. The van der Waals surface area contributed by atoms with Crippen LogP contribution in [-0.2, 0) is 27.5 Å². The third-order valence-electron chi connectivity index (χ3n) is 3.51. The topological polar surface area (TPSA) is 59.5 Å². The molecule has 0 spiro atoms. The smallest absolute Gasteiger partial charge is 0.383 e. The van der Waals surface area contributed by atoms with Gasteiger partial charge in [-0.25, -0.2) is 12.8 Å². The number of sulfonamides is 1. The van der Waals surface area contributed by atoms with Crippen molar-refractivity contribution in [2.75, 3.05) is 20.3 Å². The van der Waals surface area contributed by atoms with Crippen molar-refractivity contribution < 1.29 is 30.7 Å². The summed E-state index contributed by atoms with van der Waals surface area (Å²) in [6.45, 7) is -0.169. The van der Waals surface area contributed by atoms with Crippen LogP contribution in [-0.4, -0.2) is 38.0 Å². The first kappa shape index (κ1) is 20.3. The van der Waals surface area contributed by atoms with Gasteiger partial charge in [0.1, 0.15) is 5.82 Å². The van der Waals surface area contributed by atoms with Gasteiger partial charge in [0.05, 0.1) is 17.1 Å². The molecule has 5 nitrogen and oxygen atoms in total. The van der Waals surface area contributed by atoms with Gasteiger partial charge in [0.15, 0.2) is 0 Å². The van der Waals surface area contributed by atoms with E-state index in [1.165, 1.54) is 19.5 Å². The van der Waals surface area contributed by atoms with Crippen LogP contribution in [0.4, 0.5) is 17.6 Å². The average molecular weight is 392 g/mol. The lowest BCUT2D eigenvalue weighted by Gasteiger charge is -2.22. The quantitative estimate of drug-likeness (QED) is 0.680. The zero-order valence-electron chi connectivity index (χ0n) is 13.7. The van der Waals surface area contributed by atoms with Gasteiger partial charge in [0, 0.05) is 32.6 Å². The Balaban J connectivity index is 2.43. The molecule has 10 heteroatoms. The number of halogens is 4. The summed E-state index contributed by atoms with van der Waals surface area (Å²) in [7, 11) is -2.94. The maximum absolute atomic E-state index is 13.4. The maximum atomic E-state index is 13.4. The molecule has 0 N–H and O–H groups in total. The molecule has 0 saturated carbocycles. The first-order valence-electron chi connectivity index (χ1n) is 7.41. The van der Waals surface area contributed by atoms with Crippen LogP contribution in [0.5, 0.6) is 0 Å². The van der Waals surface area contributed by atoms with Crippen molar-refractivity contribution in [3.05, 3.63) is 59.7 Å². The van der Waals surface area contributed by atoms with Crippen LogP contribution >= 0.6 is 0 Å². The highest BCUT2D eigenvalue weighted by Crippen LogP contribution is 2.33. The molecule has 0 amide bonds. The van der Waals surface area contributed by atoms with E-state index in [0.717, 1.165) is 10.4 Å². The van der Waals surface area contributed by atoms with Gasteiger partial charge in [-0.05, 0) is 29.8 Å². The second kappa shape index (κ2) is 8.11. The predicted molar refractivity (Wildman–Crippen MR) is 85.1 cm³/mol. The molecule has 0 fully saturated rings. The van der Waals surface area contributed by atoms with E-state index in [2.05, 4.69) is 4.98 Å². The lowest BCUT2D eigenvalue weighted by molar-refractivity contribution is -0.140. The number of alkyl halides is 3. The number of rotatable bonds is 7. The van der Waals surface area contributed by atoms with E-state index in [-0.39, 0.29) is 19.7 Å².